The Hall–Kier alpha value is -0.240. The Balaban J connectivity index is 2.41. The predicted octanol–water partition coefficient (Wildman–Crippen LogP) is 0.229. The van der Waals surface area contributed by atoms with E-state index in [1.165, 1.54) is 4.31 Å². The highest BCUT2D eigenvalue weighted by Gasteiger charge is 2.25. The maximum atomic E-state index is 11.8. The van der Waals surface area contributed by atoms with Crippen molar-refractivity contribution < 1.29 is 8.42 Å². The largest absolute Gasteiger partial charge is 0.393 e. The highest BCUT2D eigenvalue weighted by molar-refractivity contribution is 7.87. The summed E-state index contributed by atoms with van der Waals surface area (Å²) in [7, 11) is -3.33. The van der Waals surface area contributed by atoms with E-state index in [9.17, 15) is 8.42 Å². The van der Waals surface area contributed by atoms with Crippen LogP contribution in [-0.2, 0) is 10.2 Å². The first kappa shape index (κ1) is 13.8. The van der Waals surface area contributed by atoms with Gasteiger partial charge in [-0.1, -0.05) is 19.1 Å². The van der Waals surface area contributed by atoms with Crippen LogP contribution >= 0.6 is 12.2 Å². The predicted molar refractivity (Wildman–Crippen MR) is 68.3 cm³/mol. The van der Waals surface area contributed by atoms with Crippen molar-refractivity contribution in [3.05, 3.63) is 0 Å². The fourth-order valence-corrected chi connectivity index (χ4v) is 2.96. The maximum Gasteiger partial charge on any atom is 0.279 e. The lowest BCUT2D eigenvalue weighted by Gasteiger charge is -2.29. The van der Waals surface area contributed by atoms with Gasteiger partial charge >= 0.3 is 0 Å². The van der Waals surface area contributed by atoms with Gasteiger partial charge in [-0.25, -0.2) is 4.72 Å². The molecule has 0 spiro atoms. The molecule has 94 valence electrons. The maximum absolute atomic E-state index is 11.8. The minimum atomic E-state index is -3.33. The molecule has 3 N–H and O–H groups in total. The molecule has 0 unspecified atom stereocenters. The van der Waals surface area contributed by atoms with Gasteiger partial charge in [0.25, 0.3) is 10.2 Å². The molecule has 0 radical (unpaired) electrons. The SMILES string of the molecule is CC1CCN(S(=O)(=O)NCCC(N)=S)CC1. The molecule has 0 atom stereocenters. The highest BCUT2D eigenvalue weighted by atomic mass is 32.2. The van der Waals surface area contributed by atoms with Crippen molar-refractivity contribution in [2.24, 2.45) is 11.7 Å². The Bertz CT molecular complexity index is 335. The summed E-state index contributed by atoms with van der Waals surface area (Å²) in [6.07, 6.45) is 2.26. The third kappa shape index (κ3) is 4.32. The van der Waals surface area contributed by atoms with Crippen LogP contribution in [0.4, 0.5) is 0 Å². The summed E-state index contributed by atoms with van der Waals surface area (Å²) in [5, 5.41) is 0. The van der Waals surface area contributed by atoms with E-state index < -0.39 is 10.2 Å². The number of thiocarbonyl (C=S) groups is 1. The molecule has 0 aromatic rings. The summed E-state index contributed by atoms with van der Waals surface area (Å²) in [6.45, 7) is 3.63. The highest BCUT2D eigenvalue weighted by Crippen LogP contribution is 2.17. The summed E-state index contributed by atoms with van der Waals surface area (Å²) in [6, 6.07) is 0. The first-order valence-corrected chi connectivity index (χ1v) is 7.29. The molecule has 1 heterocycles. The fraction of sp³-hybridized carbons (Fsp3) is 0.889. The molecule has 1 aliphatic heterocycles. The molecule has 1 aliphatic rings. The zero-order chi connectivity index (χ0) is 12.2. The number of piperidine rings is 1. The first-order chi connectivity index (χ1) is 7.42. The van der Waals surface area contributed by atoms with Gasteiger partial charge in [0.2, 0.25) is 0 Å². The zero-order valence-corrected chi connectivity index (χ0v) is 11.1. The van der Waals surface area contributed by atoms with Gasteiger partial charge in [0.05, 0.1) is 4.99 Å². The van der Waals surface area contributed by atoms with Crippen molar-refractivity contribution >= 4 is 27.4 Å². The summed E-state index contributed by atoms with van der Waals surface area (Å²) >= 11 is 4.69. The molecule has 0 bridgehead atoms. The molecule has 0 aromatic heterocycles. The van der Waals surface area contributed by atoms with E-state index in [0.717, 1.165) is 12.8 Å². The lowest BCUT2D eigenvalue weighted by molar-refractivity contribution is 0.285. The van der Waals surface area contributed by atoms with Crippen LogP contribution in [0.3, 0.4) is 0 Å². The average molecular weight is 265 g/mol. The van der Waals surface area contributed by atoms with Crippen LogP contribution in [0.25, 0.3) is 0 Å². The second-order valence-electron chi connectivity index (χ2n) is 4.20. The molecule has 16 heavy (non-hydrogen) atoms. The quantitative estimate of drug-likeness (QED) is 0.698. The van der Waals surface area contributed by atoms with Crippen molar-refractivity contribution in [2.75, 3.05) is 19.6 Å². The molecule has 1 saturated heterocycles. The van der Waals surface area contributed by atoms with Crippen LogP contribution in [0.2, 0.25) is 0 Å². The summed E-state index contributed by atoms with van der Waals surface area (Å²) in [4.78, 5) is 0.329. The molecule has 5 nitrogen and oxygen atoms in total. The lowest BCUT2D eigenvalue weighted by atomic mass is 10.0. The number of nitrogens with two attached hydrogens (primary N) is 1. The number of nitrogens with zero attached hydrogens (tertiary/aromatic N) is 1. The molecule has 1 rings (SSSR count). The van der Waals surface area contributed by atoms with Crippen LogP contribution in [0.15, 0.2) is 0 Å². The molecule has 0 aliphatic carbocycles. The fourth-order valence-electron chi connectivity index (χ4n) is 1.62. The second-order valence-corrected chi connectivity index (χ2v) is 6.48. The Labute approximate surface area is 103 Å². The van der Waals surface area contributed by atoms with Crippen LogP contribution in [0, 0.1) is 5.92 Å². The van der Waals surface area contributed by atoms with Gasteiger partial charge in [-0.15, -0.1) is 0 Å². The standard InChI is InChI=1S/C9H19N3O2S2/c1-8-3-6-12(7-4-8)16(13,14)11-5-2-9(10)15/h8,11H,2-7H2,1H3,(H2,10,15). The zero-order valence-electron chi connectivity index (χ0n) is 9.48. The van der Waals surface area contributed by atoms with Gasteiger partial charge < -0.3 is 5.73 Å². The smallest absolute Gasteiger partial charge is 0.279 e. The van der Waals surface area contributed by atoms with Crippen LogP contribution in [0.1, 0.15) is 26.2 Å². The number of rotatable bonds is 5. The van der Waals surface area contributed by atoms with E-state index >= 15 is 0 Å². The number of hydrogen-bond acceptors (Lipinski definition) is 3. The first-order valence-electron chi connectivity index (χ1n) is 5.45. The normalized spacial score (nSPS) is 19.8. The van der Waals surface area contributed by atoms with Crippen molar-refractivity contribution in [3.63, 3.8) is 0 Å². The summed E-state index contributed by atoms with van der Waals surface area (Å²) < 4.78 is 27.6. The van der Waals surface area contributed by atoms with Crippen LogP contribution < -0.4 is 10.5 Å². The van der Waals surface area contributed by atoms with Crippen molar-refractivity contribution in [1.82, 2.24) is 9.03 Å². The van der Waals surface area contributed by atoms with E-state index in [4.69, 9.17) is 5.73 Å². The monoisotopic (exact) mass is 265 g/mol. The van der Waals surface area contributed by atoms with Gasteiger partial charge in [0.1, 0.15) is 0 Å². The third-order valence-corrected chi connectivity index (χ3v) is 4.56. The van der Waals surface area contributed by atoms with Gasteiger partial charge in [0, 0.05) is 26.1 Å². The molecule has 7 heteroatoms. The van der Waals surface area contributed by atoms with E-state index in [2.05, 4.69) is 23.9 Å². The minimum absolute atomic E-state index is 0.281. The van der Waals surface area contributed by atoms with E-state index in [-0.39, 0.29) is 6.54 Å². The molecule has 0 aromatic carbocycles. The number of nitrogens with one attached hydrogen (secondary N) is 1. The Morgan fingerprint density at radius 2 is 2.06 bits per heavy atom. The Kier molecular flexibility index (Phi) is 5.10. The van der Waals surface area contributed by atoms with Gasteiger partial charge in [-0.05, 0) is 18.8 Å². The van der Waals surface area contributed by atoms with Crippen LogP contribution in [-0.4, -0.2) is 37.3 Å². The summed E-state index contributed by atoms with van der Waals surface area (Å²) in [5.41, 5.74) is 5.30. The molecular formula is C9H19N3O2S2. The minimum Gasteiger partial charge on any atom is -0.393 e. The molecule has 0 amide bonds. The van der Waals surface area contributed by atoms with Crippen molar-refractivity contribution in [3.8, 4) is 0 Å². The van der Waals surface area contributed by atoms with E-state index in [0.29, 0.717) is 30.4 Å². The Morgan fingerprint density at radius 1 is 1.50 bits per heavy atom. The van der Waals surface area contributed by atoms with E-state index in [1.807, 2.05) is 0 Å². The van der Waals surface area contributed by atoms with Gasteiger partial charge in [-0.2, -0.15) is 12.7 Å². The third-order valence-electron chi connectivity index (χ3n) is 2.74. The molecular weight excluding hydrogens is 246 g/mol. The number of hydrogen-bond donors (Lipinski definition) is 2. The lowest BCUT2D eigenvalue weighted by Crippen LogP contribution is -2.45. The molecule has 0 saturated carbocycles. The average Bonchev–Trinajstić information content (AvgIpc) is 2.17. The van der Waals surface area contributed by atoms with Gasteiger partial charge in [-0.3, -0.25) is 0 Å². The van der Waals surface area contributed by atoms with Crippen LogP contribution in [0.5, 0.6) is 0 Å². The Morgan fingerprint density at radius 3 is 2.56 bits per heavy atom. The van der Waals surface area contributed by atoms with Crippen molar-refractivity contribution in [1.29, 1.82) is 0 Å². The summed E-state index contributed by atoms with van der Waals surface area (Å²) in [5.74, 6) is 0.614. The van der Waals surface area contributed by atoms with Gasteiger partial charge in [0.15, 0.2) is 0 Å². The molecule has 1 fully saturated rings. The topological polar surface area (TPSA) is 75.4 Å². The van der Waals surface area contributed by atoms with E-state index in [1.54, 1.807) is 0 Å². The van der Waals surface area contributed by atoms with Crippen molar-refractivity contribution in [2.45, 2.75) is 26.2 Å². The second kappa shape index (κ2) is 5.90.